The average molecular weight is 234 g/mol. The standard InChI is InChI=1S/C10H7ClF3N/c1-15-5-4-7-2-3-8(11)6-9(7)10(12,13)14/h2-3,6H,4-5H2. The minimum atomic E-state index is -4.41. The van der Waals surface area contributed by atoms with Crippen molar-refractivity contribution < 1.29 is 13.2 Å². The molecule has 5 heteroatoms. The van der Waals surface area contributed by atoms with E-state index in [1.54, 1.807) is 0 Å². The molecule has 0 saturated carbocycles. The van der Waals surface area contributed by atoms with Gasteiger partial charge in [0.1, 0.15) is 0 Å². The van der Waals surface area contributed by atoms with Crippen molar-refractivity contribution in [1.29, 1.82) is 0 Å². The fourth-order valence-corrected chi connectivity index (χ4v) is 1.38. The Balaban J connectivity index is 3.10. The molecule has 1 aromatic rings. The Kier molecular flexibility index (Phi) is 3.59. The number of rotatable bonds is 2. The van der Waals surface area contributed by atoms with E-state index in [-0.39, 0.29) is 23.6 Å². The Labute approximate surface area is 90.3 Å². The molecule has 0 fully saturated rings. The smallest absolute Gasteiger partial charge is 0.317 e. The predicted molar refractivity (Wildman–Crippen MR) is 51.6 cm³/mol. The molecule has 0 aliphatic heterocycles. The molecule has 80 valence electrons. The third-order valence-electron chi connectivity index (χ3n) is 1.87. The lowest BCUT2D eigenvalue weighted by Gasteiger charge is -2.11. The molecule has 0 heterocycles. The van der Waals surface area contributed by atoms with Crippen molar-refractivity contribution in [3.05, 3.63) is 45.8 Å². The van der Waals surface area contributed by atoms with Gasteiger partial charge in [-0.15, -0.1) is 0 Å². The number of alkyl halides is 3. The van der Waals surface area contributed by atoms with Crippen LogP contribution in [0, 0.1) is 6.57 Å². The maximum absolute atomic E-state index is 12.5. The second-order valence-electron chi connectivity index (χ2n) is 2.93. The molecule has 0 atom stereocenters. The molecule has 0 saturated heterocycles. The van der Waals surface area contributed by atoms with Crippen LogP contribution in [0.4, 0.5) is 13.2 Å². The van der Waals surface area contributed by atoms with Gasteiger partial charge in [-0.25, -0.2) is 6.57 Å². The van der Waals surface area contributed by atoms with Crippen LogP contribution in [-0.4, -0.2) is 6.54 Å². The zero-order valence-electron chi connectivity index (χ0n) is 7.61. The molecule has 0 bridgehead atoms. The maximum Gasteiger partial charge on any atom is 0.416 e. The molecule has 0 radical (unpaired) electrons. The Morgan fingerprint density at radius 3 is 2.53 bits per heavy atom. The van der Waals surface area contributed by atoms with Crippen LogP contribution in [0.3, 0.4) is 0 Å². The molecule has 0 spiro atoms. The van der Waals surface area contributed by atoms with Crippen molar-refractivity contribution in [3.8, 4) is 0 Å². The number of nitrogens with zero attached hydrogens (tertiary/aromatic N) is 1. The van der Waals surface area contributed by atoms with Gasteiger partial charge < -0.3 is 4.85 Å². The summed E-state index contributed by atoms with van der Waals surface area (Å²) in [5.41, 5.74) is -0.637. The summed E-state index contributed by atoms with van der Waals surface area (Å²) in [6.45, 7) is 6.58. The molecule has 0 aromatic heterocycles. The Morgan fingerprint density at radius 2 is 2.00 bits per heavy atom. The number of hydrogen-bond acceptors (Lipinski definition) is 0. The lowest BCUT2D eigenvalue weighted by atomic mass is 10.0. The van der Waals surface area contributed by atoms with Crippen molar-refractivity contribution in [2.75, 3.05) is 6.54 Å². The fourth-order valence-electron chi connectivity index (χ4n) is 1.21. The molecule has 0 aliphatic rings. The summed E-state index contributed by atoms with van der Waals surface area (Å²) >= 11 is 5.50. The minimum Gasteiger partial charge on any atom is -0.317 e. The maximum atomic E-state index is 12.5. The molecular weight excluding hydrogens is 227 g/mol. The molecule has 0 N–H and O–H groups in total. The van der Waals surface area contributed by atoms with E-state index in [2.05, 4.69) is 4.85 Å². The van der Waals surface area contributed by atoms with Crippen LogP contribution in [0.5, 0.6) is 0 Å². The summed E-state index contributed by atoms with van der Waals surface area (Å²) < 4.78 is 37.6. The van der Waals surface area contributed by atoms with Crippen molar-refractivity contribution in [2.24, 2.45) is 0 Å². The van der Waals surface area contributed by atoms with E-state index in [0.29, 0.717) is 0 Å². The summed E-state index contributed by atoms with van der Waals surface area (Å²) in [7, 11) is 0. The average Bonchev–Trinajstić information content (AvgIpc) is 2.14. The molecule has 1 nitrogen and oxygen atoms in total. The largest absolute Gasteiger partial charge is 0.416 e. The highest BCUT2D eigenvalue weighted by Gasteiger charge is 2.33. The van der Waals surface area contributed by atoms with Gasteiger partial charge in [0.25, 0.3) is 0 Å². The fraction of sp³-hybridized carbons (Fsp3) is 0.300. The highest BCUT2D eigenvalue weighted by Crippen LogP contribution is 2.33. The van der Waals surface area contributed by atoms with Gasteiger partial charge >= 0.3 is 6.18 Å². The van der Waals surface area contributed by atoms with E-state index in [1.807, 2.05) is 0 Å². The molecule has 0 amide bonds. The molecule has 15 heavy (non-hydrogen) atoms. The third-order valence-corrected chi connectivity index (χ3v) is 2.11. The Morgan fingerprint density at radius 1 is 1.33 bits per heavy atom. The van der Waals surface area contributed by atoms with E-state index >= 15 is 0 Å². The van der Waals surface area contributed by atoms with Crippen molar-refractivity contribution in [1.82, 2.24) is 0 Å². The van der Waals surface area contributed by atoms with Crippen LogP contribution in [0.1, 0.15) is 11.1 Å². The minimum absolute atomic E-state index is 0.0463. The monoisotopic (exact) mass is 233 g/mol. The number of benzene rings is 1. The Bertz CT molecular complexity index is 393. The zero-order chi connectivity index (χ0) is 11.5. The second-order valence-corrected chi connectivity index (χ2v) is 3.37. The highest BCUT2D eigenvalue weighted by molar-refractivity contribution is 6.30. The normalized spacial score (nSPS) is 11.1. The molecule has 1 aromatic carbocycles. The summed E-state index contributed by atoms with van der Waals surface area (Å²) in [6.07, 6.45) is -4.32. The molecule has 0 unspecified atom stereocenters. The topological polar surface area (TPSA) is 4.36 Å². The van der Waals surface area contributed by atoms with Gasteiger partial charge in [0.15, 0.2) is 0 Å². The number of halogens is 4. The second kappa shape index (κ2) is 4.54. The van der Waals surface area contributed by atoms with Crippen molar-refractivity contribution >= 4 is 11.6 Å². The van der Waals surface area contributed by atoms with Gasteiger partial charge in [0.2, 0.25) is 6.54 Å². The summed E-state index contributed by atoms with van der Waals surface area (Å²) in [5, 5.41) is 0.0499. The first kappa shape index (κ1) is 11.9. The zero-order valence-corrected chi connectivity index (χ0v) is 8.36. The highest BCUT2D eigenvalue weighted by atomic mass is 35.5. The summed E-state index contributed by atoms with van der Waals surface area (Å²) in [4.78, 5) is 3.03. The van der Waals surface area contributed by atoms with Crippen LogP contribution >= 0.6 is 11.6 Å². The molecule has 0 aliphatic carbocycles. The quantitative estimate of drug-likeness (QED) is 0.684. The van der Waals surface area contributed by atoms with Crippen LogP contribution in [0.15, 0.2) is 18.2 Å². The van der Waals surface area contributed by atoms with Gasteiger partial charge in [0.05, 0.1) is 5.56 Å². The van der Waals surface area contributed by atoms with Crippen LogP contribution in [0.25, 0.3) is 4.85 Å². The summed E-state index contributed by atoms with van der Waals surface area (Å²) in [6, 6.07) is 3.60. The van der Waals surface area contributed by atoms with E-state index in [4.69, 9.17) is 18.2 Å². The lowest BCUT2D eigenvalue weighted by molar-refractivity contribution is -0.138. The summed E-state index contributed by atoms with van der Waals surface area (Å²) in [5.74, 6) is 0. The van der Waals surface area contributed by atoms with Crippen molar-refractivity contribution in [2.45, 2.75) is 12.6 Å². The predicted octanol–water partition coefficient (Wildman–Crippen LogP) is 3.82. The van der Waals surface area contributed by atoms with E-state index in [1.165, 1.54) is 12.1 Å². The Hall–Kier alpha value is -1.21. The van der Waals surface area contributed by atoms with Gasteiger partial charge in [0, 0.05) is 11.4 Å². The first-order chi connectivity index (χ1) is 6.95. The first-order valence-electron chi connectivity index (χ1n) is 4.14. The van der Waals surface area contributed by atoms with Gasteiger partial charge in [-0.05, 0) is 17.7 Å². The van der Waals surface area contributed by atoms with Crippen LogP contribution < -0.4 is 0 Å². The third kappa shape index (κ3) is 3.14. The van der Waals surface area contributed by atoms with Gasteiger partial charge in [-0.3, -0.25) is 0 Å². The lowest BCUT2D eigenvalue weighted by Crippen LogP contribution is -2.09. The van der Waals surface area contributed by atoms with Gasteiger partial charge in [-0.1, -0.05) is 17.7 Å². The number of hydrogen-bond donors (Lipinski definition) is 0. The molecular formula is C10H7ClF3N. The van der Waals surface area contributed by atoms with Gasteiger partial charge in [-0.2, -0.15) is 13.2 Å². The van der Waals surface area contributed by atoms with Crippen LogP contribution in [-0.2, 0) is 12.6 Å². The van der Waals surface area contributed by atoms with E-state index in [0.717, 1.165) is 6.07 Å². The first-order valence-corrected chi connectivity index (χ1v) is 4.52. The van der Waals surface area contributed by atoms with Crippen molar-refractivity contribution in [3.63, 3.8) is 0 Å². The molecule has 1 rings (SSSR count). The SMILES string of the molecule is [C-]#[N+]CCc1ccc(Cl)cc1C(F)(F)F. The van der Waals surface area contributed by atoms with E-state index in [9.17, 15) is 13.2 Å². The van der Waals surface area contributed by atoms with Crippen LogP contribution in [0.2, 0.25) is 5.02 Å². The van der Waals surface area contributed by atoms with E-state index < -0.39 is 11.7 Å².